The Balaban J connectivity index is 1.35. The van der Waals surface area contributed by atoms with Crippen molar-refractivity contribution in [2.75, 3.05) is 18.9 Å². The molecule has 0 aliphatic carbocycles. The first-order valence-corrected chi connectivity index (χ1v) is 14.5. The summed E-state index contributed by atoms with van der Waals surface area (Å²) in [5.41, 5.74) is 15.6. The number of ether oxygens (including phenoxy) is 1. The summed E-state index contributed by atoms with van der Waals surface area (Å²) in [7, 11) is -3.38. The Morgan fingerprint density at radius 2 is 1.65 bits per heavy atom. The monoisotopic (exact) mass is 564 g/mol. The molecule has 4 aromatic rings. The highest BCUT2D eigenvalue weighted by Gasteiger charge is 2.28. The highest BCUT2D eigenvalue weighted by molar-refractivity contribution is 7.92. The summed E-state index contributed by atoms with van der Waals surface area (Å²) >= 11 is 0. The highest BCUT2D eigenvalue weighted by atomic mass is 32.2. The number of nitrogens with zero attached hydrogens (tertiary/aromatic N) is 3. The molecule has 2 aromatic heterocycles. The van der Waals surface area contributed by atoms with Crippen LogP contribution in [-0.4, -0.2) is 53.2 Å². The quantitative estimate of drug-likeness (QED) is 0.231. The number of nitrogens with two attached hydrogens (primary N) is 2. The second-order valence-corrected chi connectivity index (χ2v) is 12.6. The van der Waals surface area contributed by atoms with Crippen LogP contribution in [0.5, 0.6) is 0 Å². The molecule has 1 unspecified atom stereocenters. The third-order valence-corrected chi connectivity index (χ3v) is 9.08. The Morgan fingerprint density at radius 3 is 2.30 bits per heavy atom. The van der Waals surface area contributed by atoms with Crippen molar-refractivity contribution in [2.24, 2.45) is 5.73 Å². The summed E-state index contributed by atoms with van der Waals surface area (Å²) in [6, 6.07) is 15.3. The van der Waals surface area contributed by atoms with Crippen LogP contribution in [0.4, 0.5) is 5.82 Å². The van der Waals surface area contributed by atoms with Crippen LogP contribution in [0.15, 0.2) is 70.2 Å². The van der Waals surface area contributed by atoms with Crippen LogP contribution < -0.4 is 16.8 Å². The summed E-state index contributed by atoms with van der Waals surface area (Å²) in [4.78, 5) is 9.11. The van der Waals surface area contributed by atoms with E-state index in [-0.39, 0.29) is 16.8 Å². The predicted molar refractivity (Wildman–Crippen MR) is 150 cm³/mol. The Labute approximate surface area is 232 Å². The number of sulfone groups is 1. The standard InChI is InChI=1S/C28H32N6O5S/c1-17(2)40(36,37)22-9-5-19(6-10-22)24-16-31-27(29)26(32-24)25-15-23(34-39-25)18-3-7-20(8-4-18)28(30,35)33-21-11-13-38-14-12-21/h3-10,15-17,21,33,35H,11-14,30H2,1-2H3,(H2,29,31). The molecular formula is C28H32N6O5S. The Bertz CT molecular complexity index is 1580. The van der Waals surface area contributed by atoms with Crippen LogP contribution >= 0.6 is 0 Å². The van der Waals surface area contributed by atoms with Crippen molar-refractivity contribution in [1.82, 2.24) is 20.4 Å². The molecule has 1 saturated heterocycles. The van der Waals surface area contributed by atoms with Gasteiger partial charge in [0.2, 0.25) is 0 Å². The predicted octanol–water partition coefficient (Wildman–Crippen LogP) is 3.06. The number of hydrogen-bond acceptors (Lipinski definition) is 11. The van der Waals surface area contributed by atoms with Gasteiger partial charge in [0.05, 0.1) is 22.0 Å². The van der Waals surface area contributed by atoms with E-state index >= 15 is 0 Å². The van der Waals surface area contributed by atoms with Crippen molar-refractivity contribution in [2.45, 2.75) is 48.7 Å². The molecule has 1 atom stereocenters. The first-order valence-electron chi connectivity index (χ1n) is 13.0. The second kappa shape index (κ2) is 11.1. The van der Waals surface area contributed by atoms with Crippen LogP contribution in [0.25, 0.3) is 34.0 Å². The number of nitrogen functional groups attached to an aromatic ring is 1. The zero-order chi connectivity index (χ0) is 28.5. The topological polar surface area (TPSA) is 179 Å². The number of nitrogens with one attached hydrogen (secondary N) is 1. The van der Waals surface area contributed by atoms with Gasteiger partial charge >= 0.3 is 0 Å². The molecule has 1 aliphatic rings. The van der Waals surface area contributed by atoms with E-state index in [1.807, 2.05) is 0 Å². The lowest BCUT2D eigenvalue weighted by Gasteiger charge is -2.32. The third-order valence-electron chi connectivity index (χ3n) is 6.91. The average molecular weight is 565 g/mol. The van der Waals surface area contributed by atoms with Crippen molar-refractivity contribution >= 4 is 15.7 Å². The summed E-state index contributed by atoms with van der Waals surface area (Å²) in [6.07, 6.45) is 3.07. The fourth-order valence-electron chi connectivity index (χ4n) is 4.46. The molecule has 0 amide bonds. The Kier molecular flexibility index (Phi) is 7.71. The van der Waals surface area contributed by atoms with E-state index in [9.17, 15) is 13.5 Å². The first kappa shape index (κ1) is 27.9. The third kappa shape index (κ3) is 5.76. The van der Waals surface area contributed by atoms with E-state index in [2.05, 4.69) is 20.4 Å². The molecule has 3 heterocycles. The van der Waals surface area contributed by atoms with Crippen LogP contribution in [0.1, 0.15) is 32.3 Å². The lowest BCUT2D eigenvalue weighted by Crippen LogP contribution is -2.55. The molecule has 1 fully saturated rings. The Hall–Kier alpha value is -3.68. The summed E-state index contributed by atoms with van der Waals surface area (Å²) in [5, 5.41) is 17.5. The number of aliphatic hydroxyl groups is 1. The van der Waals surface area contributed by atoms with Gasteiger partial charge < -0.3 is 20.1 Å². The second-order valence-electron chi connectivity index (χ2n) is 10.1. The molecule has 5 rings (SSSR count). The molecule has 0 bridgehead atoms. The fraction of sp³-hybridized carbons (Fsp3) is 0.321. The fourth-order valence-corrected chi connectivity index (χ4v) is 5.52. The van der Waals surface area contributed by atoms with Gasteiger partial charge in [-0.05, 0) is 38.8 Å². The van der Waals surface area contributed by atoms with E-state index < -0.39 is 20.9 Å². The maximum atomic E-state index is 12.4. The lowest BCUT2D eigenvalue weighted by molar-refractivity contribution is -0.0245. The van der Waals surface area contributed by atoms with Gasteiger partial charge in [0.1, 0.15) is 5.69 Å². The molecule has 210 valence electrons. The first-order chi connectivity index (χ1) is 19.0. The summed E-state index contributed by atoms with van der Waals surface area (Å²) < 4.78 is 35.8. The zero-order valence-corrected chi connectivity index (χ0v) is 23.1. The van der Waals surface area contributed by atoms with Crippen LogP contribution in [0.2, 0.25) is 0 Å². The minimum absolute atomic E-state index is 0.0647. The molecule has 0 radical (unpaired) electrons. The summed E-state index contributed by atoms with van der Waals surface area (Å²) in [6.45, 7) is 4.55. The van der Waals surface area contributed by atoms with Gasteiger partial charge in [-0.2, -0.15) is 0 Å². The van der Waals surface area contributed by atoms with Gasteiger partial charge in [-0.1, -0.05) is 41.6 Å². The normalized spacial score (nSPS) is 16.2. The molecule has 0 spiro atoms. The van der Waals surface area contributed by atoms with E-state index in [4.69, 9.17) is 20.7 Å². The van der Waals surface area contributed by atoms with E-state index in [0.29, 0.717) is 47.2 Å². The SMILES string of the molecule is CC(C)S(=O)(=O)c1ccc(-c2cnc(N)c(-c3cc(-c4ccc(C(N)(O)NC5CCOCC5)cc4)no3)n2)cc1. The molecule has 1 aliphatic heterocycles. The molecular weight excluding hydrogens is 532 g/mol. The van der Waals surface area contributed by atoms with E-state index in [1.165, 1.54) is 6.20 Å². The minimum atomic E-state index is -3.38. The van der Waals surface area contributed by atoms with Crippen molar-refractivity contribution in [3.8, 4) is 34.0 Å². The number of hydrogen-bond donors (Lipinski definition) is 4. The smallest absolute Gasteiger partial charge is 0.197 e. The summed E-state index contributed by atoms with van der Waals surface area (Å²) in [5.74, 6) is -1.20. The van der Waals surface area contributed by atoms with Crippen molar-refractivity contribution in [1.29, 1.82) is 0 Å². The molecule has 11 nitrogen and oxygen atoms in total. The zero-order valence-electron chi connectivity index (χ0n) is 22.2. The van der Waals surface area contributed by atoms with Crippen molar-refractivity contribution in [3.63, 3.8) is 0 Å². The molecule has 0 saturated carbocycles. The highest BCUT2D eigenvalue weighted by Crippen LogP contribution is 2.31. The number of benzene rings is 2. The average Bonchev–Trinajstić information content (AvgIpc) is 3.44. The maximum absolute atomic E-state index is 12.4. The van der Waals surface area contributed by atoms with Crippen molar-refractivity contribution < 1.29 is 22.8 Å². The molecule has 12 heteroatoms. The molecule has 6 N–H and O–H groups in total. The van der Waals surface area contributed by atoms with Gasteiger partial charge in [0.15, 0.2) is 33.0 Å². The number of anilines is 1. The van der Waals surface area contributed by atoms with Crippen molar-refractivity contribution in [3.05, 3.63) is 66.4 Å². The van der Waals surface area contributed by atoms with Gasteiger partial charge in [-0.3, -0.25) is 11.1 Å². The lowest BCUT2D eigenvalue weighted by atomic mass is 10.0. The molecule has 40 heavy (non-hydrogen) atoms. The molecule has 2 aromatic carbocycles. The number of aromatic nitrogens is 3. The van der Waals surface area contributed by atoms with E-state index in [0.717, 1.165) is 18.4 Å². The minimum Gasteiger partial charge on any atom is -0.382 e. The maximum Gasteiger partial charge on any atom is 0.197 e. The van der Waals surface area contributed by atoms with Gasteiger partial charge in [0.25, 0.3) is 0 Å². The van der Waals surface area contributed by atoms with Crippen LogP contribution in [0.3, 0.4) is 0 Å². The van der Waals surface area contributed by atoms with Gasteiger partial charge in [0, 0.05) is 42.0 Å². The largest absolute Gasteiger partial charge is 0.382 e. The van der Waals surface area contributed by atoms with Crippen LogP contribution in [0, 0.1) is 0 Å². The van der Waals surface area contributed by atoms with Crippen LogP contribution in [-0.2, 0) is 20.4 Å². The van der Waals surface area contributed by atoms with Gasteiger partial charge in [-0.25, -0.2) is 18.4 Å². The van der Waals surface area contributed by atoms with Gasteiger partial charge in [-0.15, -0.1) is 0 Å². The number of rotatable bonds is 8. The Morgan fingerprint density at radius 1 is 1.02 bits per heavy atom. The van der Waals surface area contributed by atoms with E-state index in [1.54, 1.807) is 68.4 Å².